The summed E-state index contributed by atoms with van der Waals surface area (Å²) < 4.78 is 14.9. The van der Waals surface area contributed by atoms with E-state index in [0.717, 1.165) is 73.3 Å². The van der Waals surface area contributed by atoms with E-state index < -0.39 is 42.6 Å². The maximum Gasteiger partial charge on any atom is 0.492 e. The van der Waals surface area contributed by atoms with Gasteiger partial charge in [0.05, 0.1) is 74.9 Å². The summed E-state index contributed by atoms with van der Waals surface area (Å²) in [6.45, 7) is 12.7. The topological polar surface area (TPSA) is 203 Å². The number of carbonyl (C=O) groups is 2. The van der Waals surface area contributed by atoms with E-state index in [2.05, 4.69) is 21.7 Å². The minimum absolute atomic E-state index is 0. The van der Waals surface area contributed by atoms with Crippen molar-refractivity contribution in [2.75, 3.05) is 13.1 Å². The number of carbonyl (C=O) groups excluding carboxylic acids is 1. The van der Waals surface area contributed by atoms with Gasteiger partial charge in [-0.15, -0.1) is 12.4 Å². The predicted molar refractivity (Wildman–Crippen MR) is 336 cm³/mol. The zero-order valence-corrected chi connectivity index (χ0v) is 51.6. The molecule has 8 aromatic rings. The van der Waals surface area contributed by atoms with Crippen LogP contribution in [0.4, 0.5) is 0 Å². The highest BCUT2D eigenvalue weighted by Gasteiger charge is 2.43. The molecule has 0 bridgehead atoms. The van der Waals surface area contributed by atoms with Crippen LogP contribution in [-0.4, -0.2) is 74.6 Å². The lowest BCUT2D eigenvalue weighted by Crippen LogP contribution is -2.29. The number of hydrogen-bond donors (Lipinski definition) is 5. The van der Waals surface area contributed by atoms with E-state index in [1.54, 1.807) is 65.2 Å². The number of hydrogen-bond acceptors (Lipinski definition) is 11. The Morgan fingerprint density at radius 2 is 1.02 bits per heavy atom. The molecular weight excluding hydrogens is 1220 g/mol. The van der Waals surface area contributed by atoms with Gasteiger partial charge in [-0.2, -0.15) is 0 Å². The van der Waals surface area contributed by atoms with Crippen molar-refractivity contribution in [2.24, 2.45) is 16.0 Å². The second-order valence-corrected chi connectivity index (χ2v) is 24.4. The summed E-state index contributed by atoms with van der Waals surface area (Å²) in [7, 11) is -1.74. The highest BCUT2D eigenvalue weighted by atomic mass is 35.5. The molecule has 0 fully saturated rings. The Labute approximate surface area is 522 Å². The Morgan fingerprint density at radius 1 is 0.607 bits per heavy atom. The summed E-state index contributed by atoms with van der Waals surface area (Å²) in [6.07, 6.45) is 6.08. The number of aromatic nitrogens is 2. The van der Waals surface area contributed by atoms with Crippen LogP contribution in [0.2, 0.25) is 30.1 Å². The number of carboxylic acid groups (broad SMARTS) is 1. The van der Waals surface area contributed by atoms with Crippen LogP contribution in [0, 0.1) is 0 Å². The van der Waals surface area contributed by atoms with Gasteiger partial charge in [0.15, 0.2) is 11.2 Å². The lowest BCUT2D eigenvalue weighted by molar-refractivity contribution is -0.00755. The van der Waals surface area contributed by atoms with Crippen LogP contribution in [0.1, 0.15) is 120 Å². The van der Waals surface area contributed by atoms with Gasteiger partial charge in [-0.3, -0.25) is 4.79 Å². The SMILES string of the molecule is CC1(C)OB(O)c2cc(CCN)ccc21.CC1(C)OB(O)c2cc(CCNC(=O)c3ccc(C4=NOC(C)(c5cc(Cl)c(Cl)c(Cl)c5)C4)n4cccc34)ccc21.CC1(c2cc(Cl)c(Cl)c(Cl)c2)CC(c2ccc(C(=O)O)c3cccn23)=NO1.Cl. The molecule has 15 nitrogen and oxygen atoms in total. The molecule has 4 aliphatic rings. The molecule has 4 aromatic carbocycles. The molecule has 4 aliphatic heterocycles. The number of pyridine rings is 2. The normalized spacial score (nSPS) is 18.8. The van der Waals surface area contributed by atoms with Crippen LogP contribution in [0.3, 0.4) is 0 Å². The summed E-state index contributed by atoms with van der Waals surface area (Å²) in [5.74, 6) is -1.16. The molecule has 84 heavy (non-hydrogen) atoms. The van der Waals surface area contributed by atoms with E-state index in [-0.39, 0.29) is 23.9 Å². The number of carboxylic acids is 1. The van der Waals surface area contributed by atoms with Gasteiger partial charge < -0.3 is 54.0 Å². The summed E-state index contributed by atoms with van der Waals surface area (Å²) in [6, 6.07) is 33.2. The van der Waals surface area contributed by atoms with Crippen molar-refractivity contribution < 1.29 is 43.7 Å². The zero-order valence-electron chi connectivity index (χ0n) is 46.3. The third-order valence-electron chi connectivity index (χ3n) is 15.4. The number of halogens is 7. The smallest absolute Gasteiger partial charge is 0.478 e. The number of nitrogens with zero attached hydrogens (tertiary/aromatic N) is 4. The van der Waals surface area contributed by atoms with E-state index in [9.17, 15) is 24.7 Å². The first-order chi connectivity index (χ1) is 39.3. The van der Waals surface area contributed by atoms with Gasteiger partial charge in [-0.05, 0) is 167 Å². The number of oxime groups is 2. The first kappa shape index (κ1) is 62.8. The monoisotopic (exact) mass is 1270 g/mol. The molecule has 6 N–H and O–H groups in total. The second-order valence-electron chi connectivity index (χ2n) is 22.0. The Kier molecular flexibility index (Phi) is 18.3. The van der Waals surface area contributed by atoms with Crippen molar-refractivity contribution in [1.82, 2.24) is 14.1 Å². The van der Waals surface area contributed by atoms with Gasteiger partial charge in [-0.25, -0.2) is 4.79 Å². The highest BCUT2D eigenvalue weighted by Crippen LogP contribution is 2.43. The standard InChI is InChI=1S/C30H27BCl3N3O4.C19H13Cl3N2O3.C11H16BNO2.ClH/c1-29(2)20-8-6-17(13-21(20)31(39)40-29)10-11-35-28(38)19-7-9-26(37-12-4-5-25(19)37)24-16-30(3,41-36-24)18-14-22(32)27(34)23(33)15-18;1-19(10-7-12(20)17(22)13(21)8-10)9-14(23-27-19)16-5-4-11(18(25)26)15-3-2-6-24(15)16;1-11(2)9-4-3-8(5-6-13)7-10(9)12(14)15-11;/h4-9,12-15,39H,10-11,16H2,1-3H3,(H,35,38);2-8H,9H2,1H3,(H,25,26);3-4,7,14H,5-6,13H2,1-2H3;1H. The molecule has 436 valence electrons. The maximum absolute atomic E-state index is 13.2. The zero-order chi connectivity index (χ0) is 59.5. The number of rotatable bonds is 11. The number of nitrogens with two attached hydrogens (primary N) is 1. The van der Waals surface area contributed by atoms with E-state index in [0.29, 0.717) is 79.3 Å². The number of fused-ring (bicyclic) bond motifs is 4. The minimum Gasteiger partial charge on any atom is -0.478 e. The van der Waals surface area contributed by atoms with Gasteiger partial charge in [-0.1, -0.05) is 116 Å². The van der Waals surface area contributed by atoms with Crippen molar-refractivity contribution >= 4 is 142 Å². The molecule has 1 amide bonds. The number of nitrogens with one attached hydrogen (secondary N) is 1. The van der Waals surface area contributed by atoms with Gasteiger partial charge in [0.25, 0.3) is 5.91 Å². The third kappa shape index (κ3) is 12.3. The molecule has 0 aliphatic carbocycles. The van der Waals surface area contributed by atoms with Gasteiger partial charge >= 0.3 is 20.2 Å². The molecule has 24 heteroatoms. The van der Waals surface area contributed by atoms with Crippen molar-refractivity contribution in [3.8, 4) is 0 Å². The average Bonchev–Trinajstić information content (AvgIpc) is 2.02. The number of aromatic carboxylic acids is 1. The molecule has 2 atom stereocenters. The Morgan fingerprint density at radius 3 is 1.45 bits per heavy atom. The molecular formula is C60H57B2Cl7N6O9. The first-order valence-corrected chi connectivity index (χ1v) is 28.8. The Hall–Kier alpha value is -5.76. The maximum atomic E-state index is 13.2. The van der Waals surface area contributed by atoms with Crippen LogP contribution < -0.4 is 22.0 Å². The third-order valence-corrected chi connectivity index (χ3v) is 17.8. The Bertz CT molecular complexity index is 3920. The molecule has 4 aromatic heterocycles. The van der Waals surface area contributed by atoms with Crippen molar-refractivity contribution in [1.29, 1.82) is 0 Å². The van der Waals surface area contributed by atoms with E-state index in [1.807, 2.05) is 101 Å². The fourth-order valence-corrected chi connectivity index (χ4v) is 12.1. The number of benzene rings is 4. The first-order valence-electron chi connectivity index (χ1n) is 26.5. The lowest BCUT2D eigenvalue weighted by atomic mass is 9.77. The quantitative estimate of drug-likeness (QED) is 0.0612. The molecule has 12 rings (SSSR count). The van der Waals surface area contributed by atoms with E-state index in [1.165, 1.54) is 0 Å². The minimum atomic E-state index is -0.981. The number of amides is 1. The van der Waals surface area contributed by atoms with Crippen LogP contribution in [0.15, 0.2) is 132 Å². The van der Waals surface area contributed by atoms with Crippen molar-refractivity contribution in [2.45, 2.75) is 89.6 Å². The van der Waals surface area contributed by atoms with E-state index >= 15 is 0 Å². The van der Waals surface area contributed by atoms with Crippen LogP contribution in [0.25, 0.3) is 11.0 Å². The van der Waals surface area contributed by atoms with Gasteiger partial charge in [0, 0.05) is 42.9 Å². The van der Waals surface area contributed by atoms with Crippen molar-refractivity contribution in [3.63, 3.8) is 0 Å². The van der Waals surface area contributed by atoms with Crippen molar-refractivity contribution in [3.05, 3.63) is 208 Å². The van der Waals surface area contributed by atoms with E-state index in [4.69, 9.17) is 94.3 Å². The largest absolute Gasteiger partial charge is 0.492 e. The fourth-order valence-electron chi connectivity index (χ4n) is 10.9. The predicted octanol–water partition coefficient (Wildman–Crippen LogP) is 12.1. The van der Waals surface area contributed by atoms with Gasteiger partial charge in [0.1, 0.15) is 11.4 Å². The highest BCUT2D eigenvalue weighted by molar-refractivity contribution is 6.62. The second kappa shape index (κ2) is 24.5. The Balaban J connectivity index is 0.000000168. The molecule has 8 heterocycles. The fraction of sp³-hybridized carbons (Fsp3) is 0.267. The summed E-state index contributed by atoms with van der Waals surface area (Å²) in [5, 5.41) is 43.0. The summed E-state index contributed by atoms with van der Waals surface area (Å²) in [5.41, 5.74) is 15.6. The average molecular weight is 1280 g/mol. The van der Waals surface area contributed by atoms with Crippen LogP contribution in [0.5, 0.6) is 0 Å². The van der Waals surface area contributed by atoms with Crippen LogP contribution >= 0.6 is 82.0 Å². The molecule has 0 saturated heterocycles. The molecule has 0 radical (unpaired) electrons. The van der Waals surface area contributed by atoms with Gasteiger partial charge in [0.2, 0.25) is 0 Å². The molecule has 0 spiro atoms. The summed E-state index contributed by atoms with van der Waals surface area (Å²) in [4.78, 5) is 36.3. The summed E-state index contributed by atoms with van der Waals surface area (Å²) >= 11 is 37.0. The lowest BCUT2D eigenvalue weighted by Gasteiger charge is -2.23. The molecule has 0 saturated carbocycles. The molecule has 2 unspecified atom stereocenters. The van der Waals surface area contributed by atoms with Crippen LogP contribution in [-0.2, 0) is 54.2 Å².